The van der Waals surface area contributed by atoms with Crippen LogP contribution >= 0.6 is 11.3 Å². The van der Waals surface area contributed by atoms with Crippen LogP contribution in [0.2, 0.25) is 0 Å². The van der Waals surface area contributed by atoms with E-state index in [1.165, 1.54) is 15.6 Å². The van der Waals surface area contributed by atoms with Crippen LogP contribution in [0.3, 0.4) is 0 Å². The molecule has 3 aromatic rings. The average Bonchev–Trinajstić information content (AvgIpc) is 2.93. The lowest BCUT2D eigenvalue weighted by molar-refractivity contribution is 1.09. The normalized spacial score (nSPS) is 10.8. The fourth-order valence-corrected chi connectivity index (χ4v) is 2.87. The summed E-state index contributed by atoms with van der Waals surface area (Å²) >= 11 is 1.78. The average molecular weight is 268 g/mol. The molecule has 1 aromatic heterocycles. The molecule has 96 valence electrons. The van der Waals surface area contributed by atoms with Crippen LogP contribution in [0, 0.1) is 0 Å². The third-order valence-electron chi connectivity index (χ3n) is 3.14. The molecular weight excluding hydrogens is 252 g/mol. The van der Waals surface area contributed by atoms with Crippen LogP contribution in [0.4, 0.5) is 5.69 Å². The first-order valence-electron chi connectivity index (χ1n) is 6.51. The van der Waals surface area contributed by atoms with E-state index in [1.54, 1.807) is 11.3 Å². The molecule has 1 N–H and O–H groups in total. The summed E-state index contributed by atoms with van der Waals surface area (Å²) in [6.07, 6.45) is 3.04. The summed E-state index contributed by atoms with van der Waals surface area (Å²) in [7, 11) is 0. The fraction of sp³-hybridized carbons (Fsp3) is 0.188. The number of benzene rings is 2. The number of aromatic nitrogens is 1. The van der Waals surface area contributed by atoms with Gasteiger partial charge >= 0.3 is 0 Å². The monoisotopic (exact) mass is 268 g/mol. The van der Waals surface area contributed by atoms with Gasteiger partial charge < -0.3 is 5.32 Å². The number of hydrogen-bond acceptors (Lipinski definition) is 3. The van der Waals surface area contributed by atoms with Crippen LogP contribution in [0.5, 0.6) is 0 Å². The highest BCUT2D eigenvalue weighted by atomic mass is 32.1. The maximum atomic E-state index is 4.42. The number of fused-ring (bicyclic) bond motifs is 1. The minimum Gasteiger partial charge on any atom is -0.379 e. The molecule has 0 radical (unpaired) electrons. The van der Waals surface area contributed by atoms with Crippen LogP contribution in [0.15, 0.2) is 48.7 Å². The van der Waals surface area contributed by atoms with Crippen molar-refractivity contribution in [3.05, 3.63) is 58.5 Å². The Bertz CT molecular complexity index is 688. The zero-order valence-electron chi connectivity index (χ0n) is 10.9. The highest BCUT2D eigenvalue weighted by molar-refractivity contribution is 7.11. The summed E-state index contributed by atoms with van der Waals surface area (Å²) in [5.74, 6) is 0. The number of nitrogens with one attached hydrogen (secondary N) is 1. The van der Waals surface area contributed by atoms with Crippen molar-refractivity contribution in [3.8, 4) is 0 Å². The summed E-state index contributed by atoms with van der Waals surface area (Å²) in [5, 5.41) is 7.12. The molecule has 0 atom stereocenters. The molecule has 0 saturated heterocycles. The van der Waals surface area contributed by atoms with Gasteiger partial charge in [0.1, 0.15) is 5.01 Å². The highest BCUT2D eigenvalue weighted by Gasteiger charge is 2.01. The van der Waals surface area contributed by atoms with Gasteiger partial charge in [-0.1, -0.05) is 37.3 Å². The largest absolute Gasteiger partial charge is 0.379 e. The van der Waals surface area contributed by atoms with E-state index < -0.39 is 0 Å². The molecule has 0 spiro atoms. The molecular formula is C16H16N2S. The van der Waals surface area contributed by atoms with Gasteiger partial charge in [0, 0.05) is 16.8 Å². The van der Waals surface area contributed by atoms with E-state index in [4.69, 9.17) is 0 Å². The van der Waals surface area contributed by atoms with Crippen molar-refractivity contribution >= 4 is 27.8 Å². The molecule has 0 amide bonds. The van der Waals surface area contributed by atoms with E-state index in [-0.39, 0.29) is 0 Å². The summed E-state index contributed by atoms with van der Waals surface area (Å²) in [6, 6.07) is 14.9. The van der Waals surface area contributed by atoms with Crippen molar-refractivity contribution in [3.63, 3.8) is 0 Å². The van der Waals surface area contributed by atoms with E-state index >= 15 is 0 Å². The van der Waals surface area contributed by atoms with Gasteiger partial charge in [-0.05, 0) is 29.3 Å². The minimum atomic E-state index is 0.795. The van der Waals surface area contributed by atoms with Gasteiger partial charge in [-0.2, -0.15) is 0 Å². The Balaban J connectivity index is 1.74. The van der Waals surface area contributed by atoms with Gasteiger partial charge in [-0.3, -0.25) is 0 Å². The van der Waals surface area contributed by atoms with Gasteiger partial charge in [-0.25, -0.2) is 4.98 Å². The molecule has 3 rings (SSSR count). The molecule has 2 aromatic carbocycles. The predicted molar refractivity (Wildman–Crippen MR) is 82.8 cm³/mol. The lowest BCUT2D eigenvalue weighted by Gasteiger charge is -2.05. The Morgan fingerprint density at radius 3 is 2.74 bits per heavy atom. The zero-order chi connectivity index (χ0) is 13.1. The van der Waals surface area contributed by atoms with Crippen molar-refractivity contribution in [2.45, 2.75) is 19.9 Å². The number of nitrogens with zero attached hydrogens (tertiary/aromatic N) is 1. The quantitative estimate of drug-likeness (QED) is 0.755. The van der Waals surface area contributed by atoms with Gasteiger partial charge in [0.15, 0.2) is 0 Å². The van der Waals surface area contributed by atoms with Gasteiger partial charge in [0.25, 0.3) is 0 Å². The van der Waals surface area contributed by atoms with E-state index in [2.05, 4.69) is 59.7 Å². The SMILES string of the molecule is CCc1cnc(CNc2ccc3ccccc3c2)s1. The van der Waals surface area contributed by atoms with Crippen LogP contribution < -0.4 is 5.32 Å². The second-order valence-electron chi connectivity index (χ2n) is 4.49. The van der Waals surface area contributed by atoms with Crippen LogP contribution in [-0.4, -0.2) is 4.98 Å². The Hall–Kier alpha value is -1.87. The summed E-state index contributed by atoms with van der Waals surface area (Å²) in [4.78, 5) is 5.76. The first kappa shape index (κ1) is 12.2. The summed E-state index contributed by atoms with van der Waals surface area (Å²) in [5.41, 5.74) is 1.15. The molecule has 0 aliphatic heterocycles. The van der Waals surface area contributed by atoms with Crippen LogP contribution in [0.25, 0.3) is 10.8 Å². The Morgan fingerprint density at radius 2 is 1.95 bits per heavy atom. The van der Waals surface area contributed by atoms with Crippen LogP contribution in [0.1, 0.15) is 16.8 Å². The molecule has 0 aliphatic rings. The molecule has 19 heavy (non-hydrogen) atoms. The zero-order valence-corrected chi connectivity index (χ0v) is 11.7. The number of anilines is 1. The standard InChI is InChI=1S/C16H16N2S/c1-2-15-10-18-16(19-15)11-17-14-8-7-12-5-3-4-6-13(12)9-14/h3-10,17H,2,11H2,1H3. The molecule has 0 unspecified atom stereocenters. The molecule has 0 saturated carbocycles. The van der Waals surface area contributed by atoms with Crippen molar-refractivity contribution in [1.82, 2.24) is 4.98 Å². The predicted octanol–water partition coefficient (Wildman–Crippen LogP) is 4.47. The lowest BCUT2D eigenvalue weighted by atomic mass is 10.1. The second kappa shape index (κ2) is 5.41. The van der Waals surface area contributed by atoms with E-state index in [9.17, 15) is 0 Å². The topological polar surface area (TPSA) is 24.9 Å². The van der Waals surface area contributed by atoms with Crippen molar-refractivity contribution in [2.75, 3.05) is 5.32 Å². The molecule has 3 heteroatoms. The smallest absolute Gasteiger partial charge is 0.112 e. The molecule has 0 fully saturated rings. The first-order valence-corrected chi connectivity index (χ1v) is 7.33. The fourth-order valence-electron chi connectivity index (χ4n) is 2.07. The van der Waals surface area contributed by atoms with E-state index in [1.807, 2.05) is 6.20 Å². The summed E-state index contributed by atoms with van der Waals surface area (Å²) in [6.45, 7) is 2.96. The third-order valence-corrected chi connectivity index (χ3v) is 4.28. The Morgan fingerprint density at radius 1 is 1.11 bits per heavy atom. The number of aryl methyl sites for hydroxylation is 1. The van der Waals surface area contributed by atoms with Crippen molar-refractivity contribution < 1.29 is 0 Å². The van der Waals surface area contributed by atoms with Crippen LogP contribution in [-0.2, 0) is 13.0 Å². The van der Waals surface area contributed by atoms with Gasteiger partial charge in [0.2, 0.25) is 0 Å². The van der Waals surface area contributed by atoms with Crippen molar-refractivity contribution in [1.29, 1.82) is 0 Å². The maximum Gasteiger partial charge on any atom is 0.112 e. The maximum absolute atomic E-state index is 4.42. The molecule has 1 heterocycles. The Kier molecular flexibility index (Phi) is 3.47. The lowest BCUT2D eigenvalue weighted by Crippen LogP contribution is -1.98. The summed E-state index contributed by atoms with van der Waals surface area (Å²) < 4.78 is 0. The molecule has 0 aliphatic carbocycles. The van der Waals surface area contributed by atoms with Gasteiger partial charge in [0.05, 0.1) is 6.54 Å². The molecule has 0 bridgehead atoms. The van der Waals surface area contributed by atoms with Gasteiger partial charge in [-0.15, -0.1) is 11.3 Å². The number of hydrogen-bond donors (Lipinski definition) is 1. The van der Waals surface area contributed by atoms with Crippen molar-refractivity contribution in [2.24, 2.45) is 0 Å². The number of rotatable bonds is 4. The van der Waals surface area contributed by atoms with E-state index in [0.717, 1.165) is 23.7 Å². The molecule has 2 nitrogen and oxygen atoms in total. The number of thiazole rings is 1. The highest BCUT2D eigenvalue weighted by Crippen LogP contribution is 2.20. The Labute approximate surface area is 117 Å². The minimum absolute atomic E-state index is 0.795. The first-order chi connectivity index (χ1) is 9.35. The van der Waals surface area contributed by atoms with E-state index in [0.29, 0.717) is 0 Å². The second-order valence-corrected chi connectivity index (χ2v) is 5.69. The third kappa shape index (κ3) is 2.76.